The molecule has 1 aliphatic rings. The summed E-state index contributed by atoms with van der Waals surface area (Å²) in [6.45, 7) is 3.46. The van der Waals surface area contributed by atoms with Gasteiger partial charge in [-0.25, -0.2) is 9.78 Å². The molecule has 1 fully saturated rings. The van der Waals surface area contributed by atoms with Crippen LogP contribution in [0, 0.1) is 0 Å². The van der Waals surface area contributed by atoms with E-state index in [9.17, 15) is 4.79 Å². The minimum atomic E-state index is -0.00687. The van der Waals surface area contributed by atoms with E-state index in [-0.39, 0.29) is 6.03 Å². The molecule has 0 bridgehead atoms. The van der Waals surface area contributed by atoms with Gasteiger partial charge in [0.15, 0.2) is 0 Å². The van der Waals surface area contributed by atoms with Gasteiger partial charge in [0.05, 0.1) is 11.0 Å². The number of nitrogens with zero attached hydrogens (tertiary/aromatic N) is 4. The Morgan fingerprint density at radius 1 is 0.933 bits per heavy atom. The molecule has 6 heteroatoms. The quantitative estimate of drug-likeness (QED) is 0.571. The first-order valence-electron chi connectivity index (χ1n) is 10.4. The van der Waals surface area contributed by atoms with E-state index in [4.69, 9.17) is 4.98 Å². The molecule has 152 valence electrons. The highest BCUT2D eigenvalue weighted by atomic mass is 16.2. The molecule has 0 spiro atoms. The Hall–Kier alpha value is -3.54. The number of hydrogen-bond acceptors (Lipinski definition) is 3. The number of imidazole rings is 1. The number of nitrogens with one attached hydrogen (secondary N) is 1. The van der Waals surface area contributed by atoms with Gasteiger partial charge in [0, 0.05) is 39.8 Å². The number of anilines is 1. The number of hydrogen-bond donors (Lipinski definition) is 1. The highest BCUT2D eigenvalue weighted by molar-refractivity contribution is 5.86. The maximum absolute atomic E-state index is 12.7. The summed E-state index contributed by atoms with van der Waals surface area (Å²) in [4.78, 5) is 21.7. The molecule has 1 N–H and O–H groups in total. The van der Waals surface area contributed by atoms with Crippen LogP contribution >= 0.6 is 0 Å². The molecular weight excluding hydrogens is 374 g/mol. The molecule has 2 heterocycles. The SMILES string of the molecule is Cn1c(N2CCN(C(=O)NCc3cccc4ccccc34)CC2)nc2ccccc21. The molecule has 30 heavy (non-hydrogen) atoms. The van der Waals surface area contributed by atoms with Gasteiger partial charge in [-0.1, -0.05) is 54.6 Å². The van der Waals surface area contributed by atoms with Crippen LogP contribution in [-0.2, 0) is 13.6 Å². The second-order valence-electron chi connectivity index (χ2n) is 7.73. The van der Waals surface area contributed by atoms with Gasteiger partial charge in [0.2, 0.25) is 5.95 Å². The first-order chi connectivity index (χ1) is 14.7. The number of carbonyl (C=O) groups is 1. The van der Waals surface area contributed by atoms with Gasteiger partial charge in [-0.2, -0.15) is 0 Å². The molecule has 0 aliphatic carbocycles. The molecule has 0 radical (unpaired) electrons. The Bertz CT molecular complexity index is 1200. The lowest BCUT2D eigenvalue weighted by Crippen LogP contribution is -2.52. The van der Waals surface area contributed by atoms with Gasteiger partial charge < -0.3 is 19.7 Å². The van der Waals surface area contributed by atoms with E-state index in [2.05, 4.69) is 45.1 Å². The summed E-state index contributed by atoms with van der Waals surface area (Å²) >= 11 is 0. The van der Waals surface area contributed by atoms with Crippen LogP contribution in [0.1, 0.15) is 5.56 Å². The smallest absolute Gasteiger partial charge is 0.317 e. The lowest BCUT2D eigenvalue weighted by atomic mass is 10.0. The summed E-state index contributed by atoms with van der Waals surface area (Å²) in [5.74, 6) is 0.965. The average Bonchev–Trinajstić information content (AvgIpc) is 3.14. The number of aryl methyl sites for hydroxylation is 1. The maximum Gasteiger partial charge on any atom is 0.317 e. The minimum Gasteiger partial charge on any atom is -0.339 e. The van der Waals surface area contributed by atoms with Gasteiger partial charge in [-0.05, 0) is 28.5 Å². The molecule has 0 atom stereocenters. The van der Waals surface area contributed by atoms with Gasteiger partial charge >= 0.3 is 6.03 Å². The van der Waals surface area contributed by atoms with E-state index in [0.717, 1.165) is 35.6 Å². The summed E-state index contributed by atoms with van der Waals surface area (Å²) in [5.41, 5.74) is 3.27. The van der Waals surface area contributed by atoms with Crippen molar-refractivity contribution < 1.29 is 4.79 Å². The molecule has 2 amide bonds. The predicted molar refractivity (Wildman–Crippen MR) is 121 cm³/mol. The van der Waals surface area contributed by atoms with Crippen molar-refractivity contribution in [3.63, 3.8) is 0 Å². The number of fused-ring (bicyclic) bond motifs is 2. The molecule has 6 nitrogen and oxygen atoms in total. The monoisotopic (exact) mass is 399 g/mol. The summed E-state index contributed by atoms with van der Waals surface area (Å²) in [7, 11) is 2.05. The predicted octanol–water partition coefficient (Wildman–Crippen LogP) is 3.76. The van der Waals surface area contributed by atoms with Crippen molar-refractivity contribution in [2.24, 2.45) is 7.05 Å². The van der Waals surface area contributed by atoms with Crippen LogP contribution < -0.4 is 10.2 Å². The zero-order valence-corrected chi connectivity index (χ0v) is 17.1. The summed E-state index contributed by atoms with van der Waals surface area (Å²) < 4.78 is 2.13. The lowest BCUT2D eigenvalue weighted by molar-refractivity contribution is 0.193. The maximum atomic E-state index is 12.7. The average molecular weight is 399 g/mol. The standard InChI is InChI=1S/C24H25N5O/c1-27-22-12-5-4-11-21(22)26-23(27)28-13-15-29(16-14-28)24(30)25-17-19-9-6-8-18-7-2-3-10-20(18)19/h2-12H,13-17H2,1H3,(H,25,30). The highest BCUT2D eigenvalue weighted by Crippen LogP contribution is 2.22. The molecule has 3 aromatic carbocycles. The van der Waals surface area contributed by atoms with E-state index >= 15 is 0 Å². The zero-order chi connectivity index (χ0) is 20.5. The van der Waals surface area contributed by atoms with Crippen molar-refractivity contribution in [1.82, 2.24) is 19.8 Å². The largest absolute Gasteiger partial charge is 0.339 e. The van der Waals surface area contributed by atoms with E-state index in [1.807, 2.05) is 48.3 Å². The van der Waals surface area contributed by atoms with Gasteiger partial charge in [0.25, 0.3) is 0 Å². The number of amides is 2. The summed E-state index contributed by atoms with van der Waals surface area (Å²) in [6.07, 6.45) is 0. The fourth-order valence-corrected chi connectivity index (χ4v) is 4.25. The van der Waals surface area contributed by atoms with Crippen molar-refractivity contribution in [1.29, 1.82) is 0 Å². The van der Waals surface area contributed by atoms with Crippen molar-refractivity contribution in [3.05, 3.63) is 72.3 Å². The number of para-hydroxylation sites is 2. The van der Waals surface area contributed by atoms with E-state index in [1.54, 1.807) is 0 Å². The van der Waals surface area contributed by atoms with Crippen LogP contribution in [0.4, 0.5) is 10.7 Å². The van der Waals surface area contributed by atoms with Gasteiger partial charge in [-0.15, -0.1) is 0 Å². The fraction of sp³-hybridized carbons (Fsp3) is 0.250. The van der Waals surface area contributed by atoms with Crippen LogP contribution in [-0.4, -0.2) is 46.7 Å². The van der Waals surface area contributed by atoms with Crippen LogP contribution in [0.5, 0.6) is 0 Å². The van der Waals surface area contributed by atoms with Crippen LogP contribution in [0.15, 0.2) is 66.7 Å². The third-order valence-corrected chi connectivity index (χ3v) is 5.92. The second-order valence-corrected chi connectivity index (χ2v) is 7.73. The molecule has 1 aromatic heterocycles. The second kappa shape index (κ2) is 7.71. The highest BCUT2D eigenvalue weighted by Gasteiger charge is 2.24. The number of rotatable bonds is 3. The minimum absolute atomic E-state index is 0.00687. The first-order valence-corrected chi connectivity index (χ1v) is 10.4. The van der Waals surface area contributed by atoms with Crippen LogP contribution in [0.3, 0.4) is 0 Å². The van der Waals surface area contributed by atoms with Crippen molar-refractivity contribution in [2.75, 3.05) is 31.1 Å². The van der Waals surface area contributed by atoms with E-state index in [0.29, 0.717) is 19.6 Å². The topological polar surface area (TPSA) is 53.4 Å². The normalized spacial score (nSPS) is 14.4. The Labute approximate surface area is 175 Å². The number of benzene rings is 3. The third kappa shape index (κ3) is 3.34. The Balaban J connectivity index is 1.22. The molecule has 0 saturated carbocycles. The molecule has 1 saturated heterocycles. The fourth-order valence-electron chi connectivity index (χ4n) is 4.25. The zero-order valence-electron chi connectivity index (χ0n) is 17.1. The third-order valence-electron chi connectivity index (χ3n) is 5.92. The Morgan fingerprint density at radius 3 is 2.50 bits per heavy atom. The molecule has 5 rings (SSSR count). The Kier molecular flexibility index (Phi) is 4.75. The van der Waals surface area contributed by atoms with Crippen LogP contribution in [0.25, 0.3) is 21.8 Å². The van der Waals surface area contributed by atoms with Crippen molar-refractivity contribution >= 4 is 33.8 Å². The molecular formula is C24H25N5O. The molecule has 4 aromatic rings. The number of piperazine rings is 1. The summed E-state index contributed by atoms with van der Waals surface area (Å²) in [6, 6.07) is 22.7. The van der Waals surface area contributed by atoms with Crippen molar-refractivity contribution in [2.45, 2.75) is 6.54 Å². The molecule has 1 aliphatic heterocycles. The van der Waals surface area contributed by atoms with Crippen molar-refractivity contribution in [3.8, 4) is 0 Å². The first kappa shape index (κ1) is 18.5. The van der Waals surface area contributed by atoms with E-state index < -0.39 is 0 Å². The number of aromatic nitrogens is 2. The molecule has 0 unspecified atom stereocenters. The van der Waals surface area contributed by atoms with Gasteiger partial charge in [0.1, 0.15) is 0 Å². The van der Waals surface area contributed by atoms with Crippen LogP contribution in [0.2, 0.25) is 0 Å². The van der Waals surface area contributed by atoms with E-state index in [1.165, 1.54) is 10.8 Å². The van der Waals surface area contributed by atoms with Gasteiger partial charge in [-0.3, -0.25) is 0 Å². The Morgan fingerprint density at radius 2 is 1.67 bits per heavy atom. The number of carbonyl (C=O) groups excluding carboxylic acids is 1. The number of urea groups is 1. The summed E-state index contributed by atoms with van der Waals surface area (Å²) in [5, 5.41) is 5.48. The lowest BCUT2D eigenvalue weighted by Gasteiger charge is -2.35.